The molecule has 0 aliphatic carbocycles. The zero-order valence-electron chi connectivity index (χ0n) is 16.5. The van der Waals surface area contributed by atoms with E-state index < -0.39 is 28.4 Å². The molecule has 30 heavy (non-hydrogen) atoms. The molecule has 2 aromatic carbocycles. The van der Waals surface area contributed by atoms with Gasteiger partial charge in [-0.2, -0.15) is 0 Å². The van der Waals surface area contributed by atoms with E-state index in [0.29, 0.717) is 5.56 Å². The number of carboxylic acid groups (broad SMARTS) is 1. The number of ether oxygens (including phenoxy) is 1. The Labute approximate surface area is 175 Å². The van der Waals surface area contributed by atoms with Crippen molar-refractivity contribution in [2.45, 2.75) is 25.2 Å². The van der Waals surface area contributed by atoms with Gasteiger partial charge < -0.3 is 9.84 Å². The lowest BCUT2D eigenvalue weighted by atomic mass is 10.1. The maximum Gasteiger partial charge on any atom is 0.335 e. The number of carboxylic acids is 1. The molecule has 2 N–H and O–H groups in total. The first kappa shape index (κ1) is 22.7. The number of para-hydroxylation sites is 1. The maximum atomic E-state index is 12.6. The van der Waals surface area contributed by atoms with Gasteiger partial charge in [-0.3, -0.25) is 9.52 Å². The number of hydrogen-bond acceptors (Lipinski definition) is 5. The van der Waals surface area contributed by atoms with E-state index in [1.165, 1.54) is 12.1 Å². The summed E-state index contributed by atoms with van der Waals surface area (Å²) in [5, 5.41) is 8.94. The van der Waals surface area contributed by atoms with Gasteiger partial charge in [0.25, 0.3) is 10.0 Å². The molecule has 0 unspecified atom stereocenters. The molecule has 2 rings (SSSR count). The van der Waals surface area contributed by atoms with E-state index in [4.69, 9.17) is 9.84 Å². The minimum absolute atomic E-state index is 0.102. The van der Waals surface area contributed by atoms with Crippen LogP contribution in [0.1, 0.15) is 24.5 Å². The third kappa shape index (κ3) is 6.50. The maximum absolute atomic E-state index is 12.6. The van der Waals surface area contributed by atoms with Crippen LogP contribution in [0.2, 0.25) is 0 Å². The lowest BCUT2D eigenvalue weighted by Gasteiger charge is -2.10. The fraction of sp³-hybridized carbons (Fsp3) is 0.182. The highest BCUT2D eigenvalue weighted by Crippen LogP contribution is 2.20. The monoisotopic (exact) mass is 427 g/mol. The number of benzene rings is 2. The van der Waals surface area contributed by atoms with Crippen LogP contribution in [0.3, 0.4) is 0 Å². The average molecular weight is 427 g/mol. The van der Waals surface area contributed by atoms with Crippen molar-refractivity contribution in [3.05, 3.63) is 71.3 Å². The topological polar surface area (TPSA) is 110 Å². The fourth-order valence-electron chi connectivity index (χ4n) is 2.37. The SMILES string of the molecule is CCOC(=O)/C(=C/C#Cc1ccccc1NS(=O)(=O)c1ccc(C)cc1)CC(=O)O. The third-order valence-corrected chi connectivity index (χ3v) is 5.22. The number of esters is 1. The van der Waals surface area contributed by atoms with Gasteiger partial charge >= 0.3 is 11.9 Å². The molecule has 0 aliphatic rings. The van der Waals surface area contributed by atoms with Gasteiger partial charge in [0.1, 0.15) is 0 Å². The molecular formula is C22H21NO6S. The Morgan fingerprint density at radius 2 is 1.80 bits per heavy atom. The smallest absolute Gasteiger partial charge is 0.335 e. The van der Waals surface area contributed by atoms with E-state index in [1.807, 2.05) is 6.92 Å². The number of nitrogens with one attached hydrogen (secondary N) is 1. The molecular weight excluding hydrogens is 406 g/mol. The minimum atomic E-state index is -3.82. The zero-order valence-corrected chi connectivity index (χ0v) is 17.3. The van der Waals surface area contributed by atoms with Gasteiger partial charge in [-0.15, -0.1) is 0 Å². The van der Waals surface area contributed by atoms with Crippen molar-refractivity contribution in [2.24, 2.45) is 0 Å². The van der Waals surface area contributed by atoms with E-state index >= 15 is 0 Å². The molecule has 0 aliphatic heterocycles. The van der Waals surface area contributed by atoms with Crippen LogP contribution in [0.4, 0.5) is 5.69 Å². The number of anilines is 1. The van der Waals surface area contributed by atoms with Crippen LogP contribution in [-0.2, 0) is 24.3 Å². The van der Waals surface area contributed by atoms with Crippen LogP contribution in [-0.4, -0.2) is 32.1 Å². The number of hydrogen-bond donors (Lipinski definition) is 2. The van der Waals surface area contributed by atoms with Crippen LogP contribution >= 0.6 is 0 Å². The number of aliphatic carboxylic acids is 1. The number of carbonyl (C=O) groups excluding carboxylic acids is 1. The summed E-state index contributed by atoms with van der Waals surface area (Å²) in [5.41, 5.74) is 1.46. The second-order valence-electron chi connectivity index (χ2n) is 6.19. The first-order chi connectivity index (χ1) is 14.2. The van der Waals surface area contributed by atoms with Crippen LogP contribution in [0.5, 0.6) is 0 Å². The molecule has 0 fully saturated rings. The number of aryl methyl sites for hydroxylation is 1. The molecule has 0 amide bonds. The largest absolute Gasteiger partial charge is 0.481 e. The molecule has 0 aromatic heterocycles. The molecule has 0 heterocycles. The van der Waals surface area contributed by atoms with Crippen molar-refractivity contribution < 1.29 is 27.9 Å². The number of carbonyl (C=O) groups is 2. The van der Waals surface area contributed by atoms with Gasteiger partial charge in [-0.1, -0.05) is 41.7 Å². The normalized spacial score (nSPS) is 11.2. The van der Waals surface area contributed by atoms with Crippen molar-refractivity contribution in [3.8, 4) is 11.8 Å². The average Bonchev–Trinajstić information content (AvgIpc) is 2.68. The first-order valence-corrected chi connectivity index (χ1v) is 10.5. The molecule has 0 atom stereocenters. The van der Waals surface area contributed by atoms with Gasteiger partial charge in [0.15, 0.2) is 0 Å². The summed E-state index contributed by atoms with van der Waals surface area (Å²) < 4.78 is 32.6. The van der Waals surface area contributed by atoms with Crippen molar-refractivity contribution in [2.75, 3.05) is 11.3 Å². The molecule has 7 nitrogen and oxygen atoms in total. The number of rotatable bonds is 7. The van der Waals surface area contributed by atoms with Gasteiger partial charge in [0.2, 0.25) is 0 Å². The molecule has 0 radical (unpaired) electrons. The van der Waals surface area contributed by atoms with E-state index in [-0.39, 0.29) is 22.8 Å². The second kappa shape index (κ2) is 10.3. The van der Waals surface area contributed by atoms with Gasteiger partial charge in [0, 0.05) is 5.56 Å². The Hall–Kier alpha value is -3.57. The fourth-order valence-corrected chi connectivity index (χ4v) is 3.45. The first-order valence-electron chi connectivity index (χ1n) is 9.01. The minimum Gasteiger partial charge on any atom is -0.481 e. The van der Waals surface area contributed by atoms with Crippen molar-refractivity contribution >= 4 is 27.6 Å². The lowest BCUT2D eigenvalue weighted by molar-refractivity contribution is -0.142. The summed E-state index contributed by atoms with van der Waals surface area (Å²) in [4.78, 5) is 22.9. The quantitative estimate of drug-likeness (QED) is 0.399. The molecule has 0 saturated carbocycles. The summed E-state index contributed by atoms with van der Waals surface area (Å²) in [6.45, 7) is 3.57. The van der Waals surface area contributed by atoms with E-state index in [0.717, 1.165) is 11.6 Å². The molecule has 0 saturated heterocycles. The summed E-state index contributed by atoms with van der Waals surface area (Å²) >= 11 is 0. The molecule has 2 aromatic rings. The summed E-state index contributed by atoms with van der Waals surface area (Å²) in [7, 11) is -3.82. The van der Waals surface area contributed by atoms with Gasteiger partial charge in [-0.05, 0) is 44.2 Å². The van der Waals surface area contributed by atoms with Gasteiger partial charge in [0.05, 0.1) is 29.2 Å². The van der Waals surface area contributed by atoms with Crippen molar-refractivity contribution in [3.63, 3.8) is 0 Å². The molecule has 0 bridgehead atoms. The van der Waals surface area contributed by atoms with Crippen LogP contribution in [0.15, 0.2) is 65.1 Å². The Balaban J connectivity index is 2.32. The van der Waals surface area contributed by atoms with E-state index in [2.05, 4.69) is 16.6 Å². The highest BCUT2D eigenvalue weighted by atomic mass is 32.2. The van der Waals surface area contributed by atoms with Crippen molar-refractivity contribution in [1.82, 2.24) is 0 Å². The summed E-state index contributed by atoms with van der Waals surface area (Å²) in [5.74, 6) is 3.40. The van der Waals surface area contributed by atoms with Crippen molar-refractivity contribution in [1.29, 1.82) is 0 Å². The van der Waals surface area contributed by atoms with Crippen LogP contribution in [0.25, 0.3) is 0 Å². The Kier molecular flexibility index (Phi) is 7.78. The van der Waals surface area contributed by atoms with E-state index in [9.17, 15) is 18.0 Å². The van der Waals surface area contributed by atoms with Crippen LogP contribution in [0, 0.1) is 18.8 Å². The standard InChI is InChI=1S/C22H21NO6S/c1-3-29-22(26)18(15-21(24)25)9-6-8-17-7-4-5-10-20(17)23-30(27,28)19-13-11-16(2)12-14-19/h4-5,7,9-14,23H,3,15H2,1-2H3,(H,24,25)/b18-9+. The Bertz CT molecular complexity index is 1120. The predicted octanol–water partition coefficient (Wildman–Crippen LogP) is 3.11. The molecule has 8 heteroatoms. The predicted molar refractivity (Wildman–Crippen MR) is 112 cm³/mol. The Morgan fingerprint density at radius 1 is 1.13 bits per heavy atom. The number of allylic oxidation sites excluding steroid dienone is 1. The molecule has 0 spiro atoms. The third-order valence-electron chi connectivity index (χ3n) is 3.84. The summed E-state index contributed by atoms with van der Waals surface area (Å²) in [6.07, 6.45) is 0.632. The molecule has 156 valence electrons. The Morgan fingerprint density at radius 3 is 2.43 bits per heavy atom. The highest BCUT2D eigenvalue weighted by Gasteiger charge is 2.16. The zero-order chi connectivity index (χ0) is 22.1. The van der Waals surface area contributed by atoms with Crippen LogP contribution < -0.4 is 4.72 Å². The number of sulfonamides is 1. The highest BCUT2D eigenvalue weighted by molar-refractivity contribution is 7.92. The lowest BCUT2D eigenvalue weighted by Crippen LogP contribution is -2.13. The van der Waals surface area contributed by atoms with E-state index in [1.54, 1.807) is 43.3 Å². The van der Waals surface area contributed by atoms with Gasteiger partial charge in [-0.25, -0.2) is 13.2 Å². The summed E-state index contributed by atoms with van der Waals surface area (Å²) in [6, 6.07) is 12.9. The second-order valence-corrected chi connectivity index (χ2v) is 7.88.